The summed E-state index contributed by atoms with van der Waals surface area (Å²) in [6.07, 6.45) is -7.70. The van der Waals surface area contributed by atoms with Gasteiger partial charge in [0.25, 0.3) is 0 Å². The van der Waals surface area contributed by atoms with Crippen molar-refractivity contribution in [3.05, 3.63) is 0 Å². The van der Waals surface area contributed by atoms with Crippen LogP contribution in [-0.4, -0.2) is 21.9 Å². The number of rotatable bonds is 8. The van der Waals surface area contributed by atoms with Crippen molar-refractivity contribution >= 4 is 22.6 Å². The molecule has 0 fully saturated rings. The average molecular weight is 436 g/mol. The molecule has 0 aliphatic carbocycles. The smallest absolute Gasteiger partial charge is 0.223 e. The summed E-state index contributed by atoms with van der Waals surface area (Å²) in [6.45, 7) is 2.68. The highest BCUT2D eigenvalue weighted by molar-refractivity contribution is 14.1. The molecule has 0 nitrogen and oxygen atoms in total. The fourth-order valence-electron chi connectivity index (χ4n) is 2.12. The van der Waals surface area contributed by atoms with Gasteiger partial charge in [0.2, 0.25) is 0 Å². The highest BCUT2D eigenvalue weighted by atomic mass is 127. The number of hydrogen-bond donors (Lipinski definition) is 0. The van der Waals surface area contributed by atoms with Gasteiger partial charge in [-0.25, -0.2) is 4.39 Å². The van der Waals surface area contributed by atoms with Crippen LogP contribution in [0, 0.1) is 5.92 Å². The molecular formula is C13H20F7I. The molecule has 0 aromatic heterocycles. The van der Waals surface area contributed by atoms with E-state index in [1.807, 2.05) is 6.92 Å². The van der Waals surface area contributed by atoms with Crippen molar-refractivity contribution in [1.29, 1.82) is 0 Å². The molecule has 0 rings (SSSR count). The Morgan fingerprint density at radius 2 is 1.24 bits per heavy atom. The van der Waals surface area contributed by atoms with Crippen molar-refractivity contribution in [3.8, 4) is 0 Å². The quantitative estimate of drug-likeness (QED) is 0.174. The monoisotopic (exact) mass is 436 g/mol. The van der Waals surface area contributed by atoms with Gasteiger partial charge in [-0.1, -0.05) is 68.5 Å². The minimum absolute atomic E-state index is 0.142. The fraction of sp³-hybridized carbons (Fsp3) is 1.00. The molecule has 0 radical (unpaired) electrons. The molecule has 128 valence electrons. The second kappa shape index (κ2) is 8.19. The van der Waals surface area contributed by atoms with Crippen LogP contribution in [-0.2, 0) is 0 Å². The Morgan fingerprint density at radius 3 is 1.62 bits per heavy atom. The van der Waals surface area contributed by atoms with Gasteiger partial charge in [0.05, 0.1) is 0 Å². The largest absolute Gasteiger partial charge is 0.431 e. The molecule has 0 saturated heterocycles. The predicted molar refractivity (Wildman–Crippen MR) is 76.3 cm³/mol. The minimum Gasteiger partial charge on any atom is -0.223 e. The maximum atomic E-state index is 13.8. The summed E-state index contributed by atoms with van der Waals surface area (Å²) in [4.78, 5) is 0. The third-order valence-corrected chi connectivity index (χ3v) is 5.28. The van der Waals surface area contributed by atoms with E-state index < -0.39 is 27.9 Å². The topological polar surface area (TPSA) is 0 Å². The van der Waals surface area contributed by atoms with Gasteiger partial charge in [0, 0.05) is 9.84 Å². The maximum absolute atomic E-state index is 13.8. The molecule has 0 N–H and O–H groups in total. The standard InChI is InChI=1S/C13H20F7I/c1-3-4-5-6-7-8-10(21)9(2)11(14,12(15,16)17)13(18,19)20/h9-10H,3-8H2,1-2H3. The van der Waals surface area contributed by atoms with Crippen LogP contribution in [0.3, 0.4) is 0 Å². The summed E-state index contributed by atoms with van der Waals surface area (Å²) in [6, 6.07) is 0. The molecular weight excluding hydrogens is 416 g/mol. The lowest BCUT2D eigenvalue weighted by Gasteiger charge is -2.37. The van der Waals surface area contributed by atoms with Gasteiger partial charge in [0.1, 0.15) is 0 Å². The van der Waals surface area contributed by atoms with Crippen LogP contribution in [0.25, 0.3) is 0 Å². The SMILES string of the molecule is CCCCCCCC(I)C(C)C(F)(C(F)(F)F)C(F)(F)F. The van der Waals surface area contributed by atoms with E-state index in [1.165, 1.54) is 22.6 Å². The first kappa shape index (κ1) is 21.2. The van der Waals surface area contributed by atoms with Gasteiger partial charge in [-0.05, 0) is 6.42 Å². The van der Waals surface area contributed by atoms with Crippen LogP contribution in [0.1, 0.15) is 52.4 Å². The molecule has 0 aromatic rings. The maximum Gasteiger partial charge on any atom is 0.431 e. The zero-order valence-electron chi connectivity index (χ0n) is 11.9. The van der Waals surface area contributed by atoms with Crippen molar-refractivity contribution in [2.75, 3.05) is 0 Å². The second-order valence-corrected chi connectivity index (χ2v) is 6.81. The molecule has 21 heavy (non-hydrogen) atoms. The molecule has 0 aromatic carbocycles. The lowest BCUT2D eigenvalue weighted by molar-refractivity contribution is -0.356. The Hall–Kier alpha value is 0.240. The van der Waals surface area contributed by atoms with Crippen LogP contribution in [0.5, 0.6) is 0 Å². The lowest BCUT2D eigenvalue weighted by Crippen LogP contribution is -2.59. The summed E-state index contributed by atoms with van der Waals surface area (Å²) in [7, 11) is 0. The number of alkyl halides is 8. The Morgan fingerprint density at radius 1 is 0.810 bits per heavy atom. The van der Waals surface area contributed by atoms with Gasteiger partial charge >= 0.3 is 18.0 Å². The highest BCUT2D eigenvalue weighted by Gasteiger charge is 2.75. The van der Waals surface area contributed by atoms with E-state index in [9.17, 15) is 30.7 Å². The third kappa shape index (κ3) is 5.42. The van der Waals surface area contributed by atoms with E-state index in [4.69, 9.17) is 0 Å². The Kier molecular flexibility index (Phi) is 8.29. The predicted octanol–water partition coefficient (Wildman–Crippen LogP) is 6.62. The van der Waals surface area contributed by atoms with Crippen LogP contribution >= 0.6 is 22.6 Å². The molecule has 2 atom stereocenters. The van der Waals surface area contributed by atoms with Crippen molar-refractivity contribution in [1.82, 2.24) is 0 Å². The molecule has 0 aliphatic rings. The first-order valence-electron chi connectivity index (χ1n) is 6.86. The van der Waals surface area contributed by atoms with Crippen molar-refractivity contribution in [2.24, 2.45) is 5.92 Å². The van der Waals surface area contributed by atoms with E-state index in [0.29, 0.717) is 13.3 Å². The van der Waals surface area contributed by atoms with E-state index in [0.717, 1.165) is 25.7 Å². The summed E-state index contributed by atoms with van der Waals surface area (Å²) in [5.41, 5.74) is -5.16. The Balaban J connectivity index is 4.79. The average Bonchev–Trinajstić information content (AvgIpc) is 2.33. The van der Waals surface area contributed by atoms with E-state index in [2.05, 4.69) is 0 Å². The first-order valence-corrected chi connectivity index (χ1v) is 8.10. The Labute approximate surface area is 134 Å². The summed E-state index contributed by atoms with van der Waals surface area (Å²) in [5, 5.41) is 0. The molecule has 0 saturated carbocycles. The van der Waals surface area contributed by atoms with Gasteiger partial charge < -0.3 is 0 Å². The van der Waals surface area contributed by atoms with Crippen LogP contribution in [0.15, 0.2) is 0 Å². The van der Waals surface area contributed by atoms with Gasteiger partial charge in [-0.15, -0.1) is 0 Å². The molecule has 0 aliphatic heterocycles. The summed E-state index contributed by atoms with van der Waals surface area (Å²) < 4.78 is 88.4. The molecule has 0 bridgehead atoms. The van der Waals surface area contributed by atoms with Gasteiger partial charge in [-0.2, -0.15) is 26.3 Å². The molecule has 2 unspecified atom stereocenters. The highest BCUT2D eigenvalue weighted by Crippen LogP contribution is 2.52. The van der Waals surface area contributed by atoms with E-state index >= 15 is 0 Å². The van der Waals surface area contributed by atoms with Crippen molar-refractivity contribution in [2.45, 2.75) is 74.3 Å². The van der Waals surface area contributed by atoms with Gasteiger partial charge in [-0.3, -0.25) is 0 Å². The van der Waals surface area contributed by atoms with Crippen LogP contribution < -0.4 is 0 Å². The zero-order chi connectivity index (χ0) is 16.9. The van der Waals surface area contributed by atoms with Crippen LogP contribution in [0.4, 0.5) is 30.7 Å². The number of unbranched alkanes of at least 4 members (excludes halogenated alkanes) is 4. The first-order chi connectivity index (χ1) is 9.39. The second-order valence-electron chi connectivity index (χ2n) is 5.21. The molecule has 8 heteroatoms. The molecule has 0 heterocycles. The van der Waals surface area contributed by atoms with Crippen molar-refractivity contribution in [3.63, 3.8) is 0 Å². The third-order valence-electron chi connectivity index (χ3n) is 3.58. The molecule has 0 spiro atoms. The fourth-order valence-corrected chi connectivity index (χ4v) is 3.06. The minimum atomic E-state index is -5.96. The van der Waals surface area contributed by atoms with Crippen LogP contribution in [0.2, 0.25) is 0 Å². The molecule has 0 amide bonds. The van der Waals surface area contributed by atoms with E-state index in [1.54, 1.807) is 0 Å². The number of hydrogen-bond acceptors (Lipinski definition) is 0. The van der Waals surface area contributed by atoms with Crippen molar-refractivity contribution < 1.29 is 30.7 Å². The van der Waals surface area contributed by atoms with Gasteiger partial charge in [0.15, 0.2) is 0 Å². The zero-order valence-corrected chi connectivity index (χ0v) is 14.1. The number of halogens is 8. The Bertz CT molecular complexity index is 284. The lowest BCUT2D eigenvalue weighted by atomic mass is 9.85. The summed E-state index contributed by atoms with van der Waals surface area (Å²) in [5.74, 6) is -2.18. The van der Waals surface area contributed by atoms with E-state index in [-0.39, 0.29) is 6.42 Å². The normalized spacial score (nSPS) is 16.9. The summed E-state index contributed by atoms with van der Waals surface area (Å²) >= 11 is 1.49.